The second kappa shape index (κ2) is 14.7. The van der Waals surface area contributed by atoms with Gasteiger partial charge in [0.25, 0.3) is 0 Å². The lowest BCUT2D eigenvalue weighted by atomic mass is 9.72. The van der Waals surface area contributed by atoms with Crippen LogP contribution in [0.5, 0.6) is 0 Å². The highest BCUT2D eigenvalue weighted by Crippen LogP contribution is 2.39. The average Bonchev–Trinajstić information content (AvgIpc) is 2.94. The minimum atomic E-state index is -3.76. The molecule has 1 aromatic rings. The third-order valence-corrected chi connectivity index (χ3v) is 11.9. The third-order valence-electron chi connectivity index (χ3n) is 9.30. The van der Waals surface area contributed by atoms with Crippen LogP contribution >= 0.6 is 0 Å². The highest BCUT2D eigenvalue weighted by Gasteiger charge is 2.47. The Hall–Kier alpha value is -2.50. The maximum Gasteiger partial charge on any atom is 0.244 e. The maximum atomic E-state index is 13.8. The molecule has 0 spiro atoms. The van der Waals surface area contributed by atoms with Crippen molar-refractivity contribution >= 4 is 27.6 Å². The number of hydrogen-bond donors (Lipinski definition) is 4. The summed E-state index contributed by atoms with van der Waals surface area (Å²) in [6.07, 6.45) is 4.45. The highest BCUT2D eigenvalue weighted by molar-refractivity contribution is 7.92. The van der Waals surface area contributed by atoms with Gasteiger partial charge >= 0.3 is 0 Å². The number of aliphatic hydroxyl groups excluding tert-OH is 1. The molecule has 3 rings (SSSR count). The molecule has 2 aliphatic rings. The molecule has 10 nitrogen and oxygen atoms in total. The number of aliphatic hydroxyl groups is 1. The lowest BCUT2D eigenvalue weighted by molar-refractivity contribution is -0.133. The van der Waals surface area contributed by atoms with Gasteiger partial charge in [-0.1, -0.05) is 56.5 Å². The molecule has 6 unspecified atom stereocenters. The van der Waals surface area contributed by atoms with E-state index < -0.39 is 56.2 Å². The Bertz CT molecular complexity index is 1250. The molecule has 11 heteroatoms. The summed E-state index contributed by atoms with van der Waals surface area (Å²) in [7, 11) is -3.76. The number of rotatable bonds is 12. The Morgan fingerprint density at radius 1 is 1.00 bits per heavy atom. The van der Waals surface area contributed by atoms with E-state index in [1.807, 2.05) is 51.1 Å². The van der Waals surface area contributed by atoms with Crippen LogP contribution in [-0.2, 0) is 30.6 Å². The Balaban J connectivity index is 1.91. The monoisotopic (exact) mass is 634 g/mol. The minimum Gasteiger partial charge on any atom is -0.390 e. The molecule has 1 aliphatic heterocycles. The van der Waals surface area contributed by atoms with Crippen molar-refractivity contribution < 1.29 is 27.9 Å². The second-order valence-corrected chi connectivity index (χ2v) is 17.1. The number of carbonyl (C=O) groups is 3. The van der Waals surface area contributed by atoms with Gasteiger partial charge in [0, 0.05) is 31.3 Å². The molecule has 1 aliphatic carbocycles. The van der Waals surface area contributed by atoms with Crippen LogP contribution in [0.2, 0.25) is 0 Å². The van der Waals surface area contributed by atoms with Gasteiger partial charge in [-0.25, -0.2) is 8.42 Å². The first kappa shape index (κ1) is 36.0. The summed E-state index contributed by atoms with van der Waals surface area (Å²) in [4.78, 5) is 41.6. The zero-order valence-electron chi connectivity index (χ0n) is 27.6. The number of benzene rings is 1. The molecule has 4 N–H and O–H groups in total. The standard InChI is InChI=1S/C33H54N4O6S/c1-8-44(42,43)33(6,7)29(34-22(2)38)31(41)35-26(18-23-14-10-9-11-15-23)28(39)21-37-20-25-17-13-12-16-24(25)19-27(37)30(40)36-32(3,4)5/h9-11,14-15,24-29,39H,8,12-13,16-21H2,1-7H3,(H,34,38)(H,35,41)(H,36,40). The molecule has 3 amide bonds. The van der Waals surface area contributed by atoms with Crippen LogP contribution in [0.4, 0.5) is 0 Å². The predicted molar refractivity (Wildman–Crippen MR) is 173 cm³/mol. The van der Waals surface area contributed by atoms with Crippen molar-refractivity contribution in [3.05, 3.63) is 35.9 Å². The van der Waals surface area contributed by atoms with E-state index in [1.165, 1.54) is 34.1 Å². The topological polar surface area (TPSA) is 145 Å². The van der Waals surface area contributed by atoms with Crippen molar-refractivity contribution in [2.45, 2.75) is 122 Å². The highest BCUT2D eigenvalue weighted by atomic mass is 32.2. The van der Waals surface area contributed by atoms with Crippen LogP contribution in [0.15, 0.2) is 30.3 Å². The molecule has 0 aromatic heterocycles. The van der Waals surface area contributed by atoms with E-state index in [9.17, 15) is 27.9 Å². The first-order valence-corrected chi connectivity index (χ1v) is 17.7. The van der Waals surface area contributed by atoms with Gasteiger partial charge in [0.15, 0.2) is 9.84 Å². The molecular weight excluding hydrogens is 580 g/mol. The molecule has 248 valence electrons. The average molecular weight is 635 g/mol. The smallest absolute Gasteiger partial charge is 0.244 e. The van der Waals surface area contributed by atoms with Crippen molar-refractivity contribution in [3.63, 3.8) is 0 Å². The fraction of sp³-hybridized carbons (Fsp3) is 0.727. The number of carbonyl (C=O) groups excluding carboxylic acids is 3. The van der Waals surface area contributed by atoms with Crippen LogP contribution in [0.1, 0.15) is 86.1 Å². The summed E-state index contributed by atoms with van der Waals surface area (Å²) in [5, 5.41) is 20.4. The summed E-state index contributed by atoms with van der Waals surface area (Å²) in [6, 6.07) is 6.83. The van der Waals surface area contributed by atoms with Crippen molar-refractivity contribution in [1.29, 1.82) is 0 Å². The SMILES string of the molecule is CCS(=O)(=O)C(C)(C)C(NC(C)=O)C(=O)NC(Cc1ccccc1)C(O)CN1CC2CCCCC2CC1C(=O)NC(C)(C)C. The Morgan fingerprint density at radius 3 is 2.18 bits per heavy atom. The van der Waals surface area contributed by atoms with Crippen molar-refractivity contribution in [1.82, 2.24) is 20.9 Å². The summed E-state index contributed by atoms with van der Waals surface area (Å²) in [5.74, 6) is -0.568. The number of nitrogens with one attached hydrogen (secondary N) is 3. The van der Waals surface area contributed by atoms with Crippen LogP contribution in [-0.4, -0.2) is 89.5 Å². The van der Waals surface area contributed by atoms with E-state index >= 15 is 0 Å². The van der Waals surface area contributed by atoms with Gasteiger partial charge in [0.05, 0.1) is 22.9 Å². The number of piperidine rings is 1. The number of amides is 3. The summed E-state index contributed by atoms with van der Waals surface area (Å²) in [5.41, 5.74) is 0.472. The maximum absolute atomic E-state index is 13.8. The van der Waals surface area contributed by atoms with E-state index in [2.05, 4.69) is 20.9 Å². The number of fused-ring (bicyclic) bond motifs is 1. The van der Waals surface area contributed by atoms with E-state index in [0.29, 0.717) is 18.4 Å². The first-order chi connectivity index (χ1) is 20.4. The zero-order valence-corrected chi connectivity index (χ0v) is 28.4. The van der Waals surface area contributed by atoms with Crippen LogP contribution < -0.4 is 16.0 Å². The van der Waals surface area contributed by atoms with Crippen molar-refractivity contribution in [3.8, 4) is 0 Å². The van der Waals surface area contributed by atoms with E-state index in [4.69, 9.17) is 0 Å². The fourth-order valence-corrected chi connectivity index (χ4v) is 7.99. The van der Waals surface area contributed by atoms with Crippen molar-refractivity contribution in [2.75, 3.05) is 18.8 Å². The van der Waals surface area contributed by atoms with Gasteiger partial charge in [0.1, 0.15) is 6.04 Å². The van der Waals surface area contributed by atoms with Crippen LogP contribution in [0, 0.1) is 11.8 Å². The summed E-state index contributed by atoms with van der Waals surface area (Å²) >= 11 is 0. The molecule has 1 saturated carbocycles. The normalized spacial score (nSPS) is 23.5. The molecule has 1 heterocycles. The fourth-order valence-electron chi connectivity index (χ4n) is 6.72. The Kier molecular flexibility index (Phi) is 12.0. The molecule has 6 atom stereocenters. The largest absolute Gasteiger partial charge is 0.390 e. The number of β-amino-alcohol motifs (C(OH)–C–C–N with tert-alkyl or cyclic N) is 1. The number of nitrogens with zero attached hydrogens (tertiary/aromatic N) is 1. The second-order valence-electron chi connectivity index (χ2n) is 14.3. The van der Waals surface area contributed by atoms with E-state index in [-0.39, 0.29) is 24.6 Å². The third kappa shape index (κ3) is 9.26. The number of likely N-dealkylation sites (tertiary alicyclic amines) is 1. The number of hydrogen-bond acceptors (Lipinski definition) is 7. The molecule has 44 heavy (non-hydrogen) atoms. The molecule has 2 fully saturated rings. The van der Waals surface area contributed by atoms with Crippen LogP contribution in [0.25, 0.3) is 0 Å². The summed E-state index contributed by atoms with van der Waals surface area (Å²) in [6.45, 7) is 12.3. The van der Waals surface area contributed by atoms with Gasteiger partial charge in [-0.15, -0.1) is 0 Å². The Morgan fingerprint density at radius 2 is 1.61 bits per heavy atom. The lowest BCUT2D eigenvalue weighted by Gasteiger charge is -2.47. The Labute approximate surface area is 264 Å². The molecule has 1 aromatic carbocycles. The molecule has 0 bridgehead atoms. The van der Waals surface area contributed by atoms with E-state index in [0.717, 1.165) is 31.2 Å². The lowest BCUT2D eigenvalue weighted by Crippen LogP contribution is -2.64. The first-order valence-electron chi connectivity index (χ1n) is 16.0. The number of sulfone groups is 1. The molecular formula is C33H54N4O6S. The molecule has 1 saturated heterocycles. The van der Waals surface area contributed by atoms with Gasteiger partial charge in [-0.3, -0.25) is 19.3 Å². The van der Waals surface area contributed by atoms with Gasteiger partial charge in [0.2, 0.25) is 17.7 Å². The van der Waals surface area contributed by atoms with E-state index in [1.54, 1.807) is 0 Å². The minimum absolute atomic E-state index is 0.0605. The summed E-state index contributed by atoms with van der Waals surface area (Å²) < 4.78 is 24.4. The van der Waals surface area contributed by atoms with Crippen LogP contribution in [0.3, 0.4) is 0 Å². The molecule has 0 radical (unpaired) electrons. The quantitative estimate of drug-likeness (QED) is 0.277. The zero-order chi connectivity index (χ0) is 32.9. The van der Waals surface area contributed by atoms with Gasteiger partial charge in [-0.2, -0.15) is 0 Å². The van der Waals surface area contributed by atoms with Gasteiger partial charge < -0.3 is 21.1 Å². The predicted octanol–water partition coefficient (Wildman–Crippen LogP) is 2.59. The van der Waals surface area contributed by atoms with Gasteiger partial charge in [-0.05, 0) is 71.3 Å². The van der Waals surface area contributed by atoms with Crippen molar-refractivity contribution in [2.24, 2.45) is 11.8 Å².